The second-order valence-corrected chi connectivity index (χ2v) is 6.92. The Hall–Kier alpha value is -2.08. The Bertz CT molecular complexity index is 750. The lowest BCUT2D eigenvalue weighted by Crippen LogP contribution is -2.49. The van der Waals surface area contributed by atoms with Crippen LogP contribution in [0.1, 0.15) is 16.8 Å². The largest absolute Gasteiger partial charge is 0.457 e. The summed E-state index contributed by atoms with van der Waals surface area (Å²) in [6, 6.07) is 17.6. The number of carbonyl (C=O) groups excluding carboxylic acids is 1. The molecule has 6 heteroatoms. The number of nitrogens with one attached hydrogen (secondary N) is 1. The Morgan fingerprint density at radius 1 is 0.963 bits per heavy atom. The molecule has 0 bridgehead atoms. The molecule has 1 unspecified atom stereocenters. The summed E-state index contributed by atoms with van der Waals surface area (Å²) in [5.41, 5.74) is 0.694. The fraction of sp³-hybridized carbons (Fsp3) is 0.381. The van der Waals surface area contributed by atoms with Gasteiger partial charge in [0.1, 0.15) is 11.5 Å². The van der Waals surface area contributed by atoms with Gasteiger partial charge in [-0.1, -0.05) is 24.3 Å². The van der Waals surface area contributed by atoms with Gasteiger partial charge in [0.05, 0.1) is 0 Å². The second kappa shape index (κ2) is 9.22. The van der Waals surface area contributed by atoms with Crippen molar-refractivity contribution in [2.24, 2.45) is 0 Å². The number of hydrogen-bond donors (Lipinski definition) is 1. The Balaban J connectivity index is 0.00000210. The molecule has 1 amide bonds. The zero-order valence-electron chi connectivity index (χ0n) is 15.3. The van der Waals surface area contributed by atoms with Crippen molar-refractivity contribution >= 4 is 18.3 Å². The standard InChI is InChI=1S/C21H25N3O2.ClH/c25-21(24-12-9-18(16-24)23-13-10-22-11-14-23)17-5-4-8-20(15-17)26-19-6-2-1-3-7-19;/h1-8,15,18,22H,9-14,16H2;1H. The number of likely N-dealkylation sites (tertiary alicyclic amines) is 1. The normalized spacial score (nSPS) is 20.1. The maximum Gasteiger partial charge on any atom is 0.254 e. The van der Waals surface area contributed by atoms with E-state index in [1.54, 1.807) is 0 Å². The highest BCUT2D eigenvalue weighted by Crippen LogP contribution is 2.24. The summed E-state index contributed by atoms with van der Waals surface area (Å²) in [5.74, 6) is 1.57. The molecule has 0 saturated carbocycles. The van der Waals surface area contributed by atoms with Gasteiger partial charge in [-0.3, -0.25) is 9.69 Å². The summed E-state index contributed by atoms with van der Waals surface area (Å²) in [4.78, 5) is 17.4. The molecule has 5 nitrogen and oxygen atoms in total. The number of hydrogen-bond acceptors (Lipinski definition) is 4. The number of halogens is 1. The summed E-state index contributed by atoms with van der Waals surface area (Å²) < 4.78 is 5.86. The molecule has 2 aromatic rings. The van der Waals surface area contributed by atoms with Crippen molar-refractivity contribution in [1.82, 2.24) is 15.1 Å². The van der Waals surface area contributed by atoms with E-state index >= 15 is 0 Å². The maximum atomic E-state index is 12.9. The van der Waals surface area contributed by atoms with Crippen LogP contribution in [0.25, 0.3) is 0 Å². The van der Waals surface area contributed by atoms with Gasteiger partial charge in [-0.2, -0.15) is 0 Å². The first kappa shape index (κ1) is 19.7. The predicted molar refractivity (Wildman–Crippen MR) is 109 cm³/mol. The van der Waals surface area contributed by atoms with Crippen LogP contribution in [0.15, 0.2) is 54.6 Å². The number of para-hydroxylation sites is 1. The van der Waals surface area contributed by atoms with Gasteiger partial charge in [-0.05, 0) is 36.8 Å². The number of benzene rings is 2. The molecule has 27 heavy (non-hydrogen) atoms. The highest BCUT2D eigenvalue weighted by atomic mass is 35.5. The van der Waals surface area contributed by atoms with E-state index in [0.29, 0.717) is 17.4 Å². The zero-order chi connectivity index (χ0) is 17.8. The third kappa shape index (κ3) is 4.80. The molecule has 2 aromatic carbocycles. The summed E-state index contributed by atoms with van der Waals surface area (Å²) in [6.45, 7) is 5.90. The Labute approximate surface area is 166 Å². The van der Waals surface area contributed by atoms with E-state index in [9.17, 15) is 4.79 Å². The van der Waals surface area contributed by atoms with E-state index in [1.807, 2.05) is 59.5 Å². The third-order valence-electron chi connectivity index (χ3n) is 5.18. The number of rotatable bonds is 4. The topological polar surface area (TPSA) is 44.8 Å². The fourth-order valence-electron chi connectivity index (χ4n) is 3.77. The van der Waals surface area contributed by atoms with Crippen molar-refractivity contribution in [3.05, 3.63) is 60.2 Å². The van der Waals surface area contributed by atoms with Crippen LogP contribution in [0.5, 0.6) is 11.5 Å². The maximum absolute atomic E-state index is 12.9. The quantitative estimate of drug-likeness (QED) is 0.875. The number of nitrogens with zero attached hydrogens (tertiary/aromatic N) is 2. The minimum atomic E-state index is 0. The highest BCUT2D eigenvalue weighted by Gasteiger charge is 2.31. The molecule has 1 atom stereocenters. The SMILES string of the molecule is Cl.O=C(c1cccc(Oc2ccccc2)c1)N1CCC(N2CCNCC2)C1. The lowest BCUT2D eigenvalue weighted by Gasteiger charge is -2.32. The van der Waals surface area contributed by atoms with E-state index in [-0.39, 0.29) is 18.3 Å². The molecular formula is C21H26ClN3O2. The Kier molecular flexibility index (Phi) is 6.72. The first-order valence-electron chi connectivity index (χ1n) is 9.36. The molecule has 0 spiro atoms. The van der Waals surface area contributed by atoms with Crippen molar-refractivity contribution in [2.45, 2.75) is 12.5 Å². The Morgan fingerprint density at radius 3 is 2.48 bits per heavy atom. The fourth-order valence-corrected chi connectivity index (χ4v) is 3.77. The van der Waals surface area contributed by atoms with E-state index in [1.165, 1.54) is 0 Å². The molecule has 1 N–H and O–H groups in total. The average molecular weight is 388 g/mol. The molecule has 0 radical (unpaired) electrons. The van der Waals surface area contributed by atoms with Crippen LogP contribution in [-0.2, 0) is 0 Å². The van der Waals surface area contributed by atoms with E-state index in [2.05, 4.69) is 10.2 Å². The first-order valence-corrected chi connectivity index (χ1v) is 9.36. The molecule has 2 fully saturated rings. The summed E-state index contributed by atoms with van der Waals surface area (Å²) in [5, 5.41) is 3.39. The zero-order valence-corrected chi connectivity index (χ0v) is 16.2. The van der Waals surface area contributed by atoms with Gasteiger partial charge in [0.25, 0.3) is 5.91 Å². The van der Waals surface area contributed by atoms with E-state index in [4.69, 9.17) is 4.74 Å². The van der Waals surface area contributed by atoms with Crippen molar-refractivity contribution in [3.63, 3.8) is 0 Å². The van der Waals surface area contributed by atoms with Gasteiger partial charge in [0, 0.05) is 50.9 Å². The van der Waals surface area contributed by atoms with Gasteiger partial charge >= 0.3 is 0 Å². The number of ether oxygens (including phenoxy) is 1. The van der Waals surface area contributed by atoms with Gasteiger partial charge in [-0.25, -0.2) is 0 Å². The van der Waals surface area contributed by atoms with Crippen LogP contribution >= 0.6 is 12.4 Å². The van der Waals surface area contributed by atoms with Crippen LogP contribution in [0, 0.1) is 0 Å². The van der Waals surface area contributed by atoms with Crippen LogP contribution < -0.4 is 10.1 Å². The highest BCUT2D eigenvalue weighted by molar-refractivity contribution is 5.94. The van der Waals surface area contributed by atoms with Gasteiger partial charge in [-0.15, -0.1) is 12.4 Å². The van der Waals surface area contributed by atoms with Gasteiger partial charge in [0.15, 0.2) is 0 Å². The summed E-state index contributed by atoms with van der Waals surface area (Å²) in [7, 11) is 0. The molecule has 4 rings (SSSR count). The molecule has 2 saturated heterocycles. The summed E-state index contributed by atoms with van der Waals surface area (Å²) in [6.07, 6.45) is 1.06. The van der Waals surface area contributed by atoms with Crippen LogP contribution in [0.3, 0.4) is 0 Å². The number of piperazine rings is 1. The van der Waals surface area contributed by atoms with Crippen LogP contribution in [-0.4, -0.2) is 61.0 Å². The molecule has 2 aliphatic heterocycles. The first-order chi connectivity index (χ1) is 12.8. The Morgan fingerprint density at radius 2 is 1.70 bits per heavy atom. The van der Waals surface area contributed by atoms with E-state index < -0.39 is 0 Å². The lowest BCUT2D eigenvalue weighted by atomic mass is 10.2. The number of carbonyl (C=O) groups is 1. The van der Waals surface area contributed by atoms with Crippen molar-refractivity contribution in [2.75, 3.05) is 39.3 Å². The minimum absolute atomic E-state index is 0. The van der Waals surface area contributed by atoms with Crippen LogP contribution in [0.4, 0.5) is 0 Å². The molecule has 0 aliphatic carbocycles. The minimum Gasteiger partial charge on any atom is -0.457 e. The molecule has 144 valence electrons. The second-order valence-electron chi connectivity index (χ2n) is 6.92. The van der Waals surface area contributed by atoms with Crippen LogP contribution in [0.2, 0.25) is 0 Å². The monoisotopic (exact) mass is 387 g/mol. The predicted octanol–water partition coefficient (Wildman–Crippen LogP) is 3.02. The third-order valence-corrected chi connectivity index (χ3v) is 5.18. The van der Waals surface area contributed by atoms with Gasteiger partial charge in [0.2, 0.25) is 0 Å². The summed E-state index contributed by atoms with van der Waals surface area (Å²) >= 11 is 0. The molecular weight excluding hydrogens is 362 g/mol. The lowest BCUT2D eigenvalue weighted by molar-refractivity contribution is 0.0773. The molecule has 0 aromatic heterocycles. The van der Waals surface area contributed by atoms with Crippen molar-refractivity contribution in [1.29, 1.82) is 0 Å². The molecule has 2 heterocycles. The van der Waals surface area contributed by atoms with E-state index in [0.717, 1.165) is 51.4 Å². The van der Waals surface area contributed by atoms with Crippen molar-refractivity contribution in [3.8, 4) is 11.5 Å². The molecule has 2 aliphatic rings. The van der Waals surface area contributed by atoms with Gasteiger partial charge < -0.3 is 15.0 Å². The smallest absolute Gasteiger partial charge is 0.254 e. The number of amides is 1. The van der Waals surface area contributed by atoms with Crippen molar-refractivity contribution < 1.29 is 9.53 Å². The average Bonchev–Trinajstić information content (AvgIpc) is 3.19.